The van der Waals surface area contributed by atoms with Crippen LogP contribution >= 0.6 is 0 Å². The number of carboxylic acids is 1. The van der Waals surface area contributed by atoms with Crippen LogP contribution in [0.3, 0.4) is 0 Å². The van der Waals surface area contributed by atoms with E-state index in [4.69, 9.17) is 5.11 Å². The molecular weight excluding hydrogens is 259 g/mol. The van der Waals surface area contributed by atoms with Gasteiger partial charge in [-0.25, -0.2) is 0 Å². The zero-order valence-electron chi connectivity index (χ0n) is 9.74. The standard InChI is InChI=1S/C13H10F3NO2/c14-13(15,16)9-2-1-7-3-10-4-8(12(18)19)6-17(10)11(7)5-9/h1-3,5,8H,4,6H2,(H,18,19). The summed E-state index contributed by atoms with van der Waals surface area (Å²) in [6.45, 7) is 0.232. The topological polar surface area (TPSA) is 42.2 Å². The molecule has 1 aliphatic rings. The number of rotatable bonds is 1. The minimum atomic E-state index is -4.39. The number of alkyl halides is 3. The average Bonchev–Trinajstić information content (AvgIpc) is 2.83. The van der Waals surface area contributed by atoms with Crippen LogP contribution in [-0.4, -0.2) is 15.6 Å². The highest BCUT2D eigenvalue weighted by Crippen LogP contribution is 2.34. The van der Waals surface area contributed by atoms with Gasteiger partial charge in [0, 0.05) is 24.2 Å². The molecule has 2 heterocycles. The van der Waals surface area contributed by atoms with Crippen LogP contribution in [0.4, 0.5) is 13.2 Å². The molecule has 0 bridgehead atoms. The number of halogens is 3. The molecule has 0 fully saturated rings. The van der Waals surface area contributed by atoms with Crippen molar-refractivity contribution >= 4 is 16.9 Å². The largest absolute Gasteiger partial charge is 0.481 e. The van der Waals surface area contributed by atoms with Crippen LogP contribution in [0, 0.1) is 5.92 Å². The molecule has 1 unspecified atom stereocenters. The number of hydrogen-bond acceptors (Lipinski definition) is 1. The molecule has 0 amide bonds. The summed E-state index contributed by atoms with van der Waals surface area (Å²) in [5.41, 5.74) is 0.523. The fourth-order valence-electron chi connectivity index (χ4n) is 2.58. The van der Waals surface area contributed by atoms with E-state index >= 15 is 0 Å². The van der Waals surface area contributed by atoms with Crippen LogP contribution in [-0.2, 0) is 23.9 Å². The Labute approximate surface area is 106 Å². The third kappa shape index (κ3) is 1.87. The minimum absolute atomic E-state index is 0.232. The number of nitrogens with zero attached hydrogens (tertiary/aromatic N) is 1. The maximum absolute atomic E-state index is 12.7. The first kappa shape index (κ1) is 12.1. The Kier molecular flexibility index (Phi) is 2.39. The average molecular weight is 269 g/mol. The SMILES string of the molecule is O=C(O)C1Cc2cc3ccc(C(F)(F)F)cc3n2C1. The van der Waals surface area contributed by atoms with Crippen molar-refractivity contribution in [1.29, 1.82) is 0 Å². The molecule has 1 aromatic carbocycles. The smallest absolute Gasteiger partial charge is 0.416 e. The van der Waals surface area contributed by atoms with E-state index in [2.05, 4.69) is 0 Å². The second-order valence-electron chi connectivity index (χ2n) is 4.76. The summed E-state index contributed by atoms with van der Waals surface area (Å²) in [6.07, 6.45) is -4.02. The lowest BCUT2D eigenvalue weighted by Crippen LogP contribution is -2.14. The zero-order valence-corrected chi connectivity index (χ0v) is 9.74. The number of carbonyl (C=O) groups is 1. The predicted molar refractivity (Wildman–Crippen MR) is 61.8 cm³/mol. The van der Waals surface area contributed by atoms with Crippen molar-refractivity contribution in [3.8, 4) is 0 Å². The molecule has 1 aromatic heterocycles. The Hall–Kier alpha value is -1.98. The fourth-order valence-corrected chi connectivity index (χ4v) is 2.58. The fraction of sp³-hybridized carbons (Fsp3) is 0.308. The molecule has 3 nitrogen and oxygen atoms in total. The van der Waals surface area contributed by atoms with E-state index in [0.29, 0.717) is 17.3 Å². The number of benzene rings is 1. The van der Waals surface area contributed by atoms with Crippen LogP contribution in [0.15, 0.2) is 24.3 Å². The number of carboxylic acid groups (broad SMARTS) is 1. The van der Waals surface area contributed by atoms with Gasteiger partial charge in [-0.1, -0.05) is 6.07 Å². The van der Waals surface area contributed by atoms with Gasteiger partial charge in [0.2, 0.25) is 0 Å². The van der Waals surface area contributed by atoms with Crippen molar-refractivity contribution in [2.45, 2.75) is 19.1 Å². The van der Waals surface area contributed by atoms with Crippen LogP contribution in [0.1, 0.15) is 11.3 Å². The van der Waals surface area contributed by atoms with E-state index < -0.39 is 23.6 Å². The molecule has 2 aromatic rings. The van der Waals surface area contributed by atoms with E-state index in [1.807, 2.05) is 0 Å². The molecule has 0 spiro atoms. The van der Waals surface area contributed by atoms with Gasteiger partial charge in [0.25, 0.3) is 0 Å². The maximum Gasteiger partial charge on any atom is 0.416 e. The lowest BCUT2D eigenvalue weighted by atomic mass is 10.1. The van der Waals surface area contributed by atoms with Crippen molar-refractivity contribution in [3.05, 3.63) is 35.5 Å². The van der Waals surface area contributed by atoms with E-state index in [9.17, 15) is 18.0 Å². The highest BCUT2D eigenvalue weighted by molar-refractivity contribution is 5.83. The van der Waals surface area contributed by atoms with Crippen molar-refractivity contribution in [3.63, 3.8) is 0 Å². The molecule has 0 aliphatic carbocycles. The third-order valence-corrected chi connectivity index (χ3v) is 3.53. The Morgan fingerprint density at radius 1 is 1.32 bits per heavy atom. The van der Waals surface area contributed by atoms with Crippen LogP contribution in [0.25, 0.3) is 10.9 Å². The Morgan fingerprint density at radius 3 is 2.68 bits per heavy atom. The molecule has 0 saturated carbocycles. The molecule has 6 heteroatoms. The van der Waals surface area contributed by atoms with Crippen molar-refractivity contribution in [2.75, 3.05) is 0 Å². The summed E-state index contributed by atoms with van der Waals surface area (Å²) in [7, 11) is 0. The molecule has 0 saturated heterocycles. The first-order valence-electron chi connectivity index (χ1n) is 5.78. The molecule has 3 rings (SSSR count). The van der Waals surface area contributed by atoms with Crippen molar-refractivity contribution in [1.82, 2.24) is 4.57 Å². The molecule has 19 heavy (non-hydrogen) atoms. The van der Waals surface area contributed by atoms with Gasteiger partial charge in [0.1, 0.15) is 0 Å². The van der Waals surface area contributed by atoms with Gasteiger partial charge in [-0.15, -0.1) is 0 Å². The van der Waals surface area contributed by atoms with Crippen LogP contribution < -0.4 is 0 Å². The lowest BCUT2D eigenvalue weighted by Gasteiger charge is -2.08. The maximum atomic E-state index is 12.7. The number of hydrogen-bond donors (Lipinski definition) is 1. The van der Waals surface area contributed by atoms with Gasteiger partial charge in [0.15, 0.2) is 0 Å². The normalized spacial score (nSPS) is 18.8. The third-order valence-electron chi connectivity index (χ3n) is 3.53. The monoisotopic (exact) mass is 269 g/mol. The van der Waals surface area contributed by atoms with Crippen LogP contribution in [0.5, 0.6) is 0 Å². The summed E-state index contributed by atoms with van der Waals surface area (Å²) in [6, 6.07) is 5.33. The number of aromatic nitrogens is 1. The second kappa shape index (κ2) is 3.76. The second-order valence-corrected chi connectivity index (χ2v) is 4.76. The van der Waals surface area contributed by atoms with Gasteiger partial charge in [0.05, 0.1) is 11.5 Å². The highest BCUT2D eigenvalue weighted by Gasteiger charge is 2.33. The minimum Gasteiger partial charge on any atom is -0.481 e. The van der Waals surface area contributed by atoms with E-state index in [1.165, 1.54) is 6.07 Å². The predicted octanol–water partition coefficient (Wildman–Crippen LogP) is 2.92. The summed E-state index contributed by atoms with van der Waals surface area (Å²) < 4.78 is 39.7. The van der Waals surface area contributed by atoms with Gasteiger partial charge >= 0.3 is 12.1 Å². The molecule has 1 atom stereocenters. The Bertz CT molecular complexity index is 672. The van der Waals surface area contributed by atoms with Gasteiger partial charge < -0.3 is 9.67 Å². The molecule has 1 N–H and O–H groups in total. The van der Waals surface area contributed by atoms with Gasteiger partial charge in [-0.2, -0.15) is 13.2 Å². The summed E-state index contributed by atoms with van der Waals surface area (Å²) in [4.78, 5) is 10.9. The van der Waals surface area contributed by atoms with Gasteiger partial charge in [-0.05, 0) is 23.6 Å². The molecule has 100 valence electrons. The first-order chi connectivity index (χ1) is 8.86. The van der Waals surface area contributed by atoms with E-state index in [0.717, 1.165) is 17.8 Å². The quantitative estimate of drug-likeness (QED) is 0.864. The van der Waals surface area contributed by atoms with E-state index in [1.54, 1.807) is 10.6 Å². The van der Waals surface area contributed by atoms with Crippen LogP contribution in [0.2, 0.25) is 0 Å². The molecule has 1 aliphatic heterocycles. The van der Waals surface area contributed by atoms with Crippen molar-refractivity contribution in [2.24, 2.45) is 5.92 Å². The van der Waals surface area contributed by atoms with E-state index in [-0.39, 0.29) is 6.54 Å². The Balaban J connectivity index is 2.10. The highest BCUT2D eigenvalue weighted by atomic mass is 19.4. The molecule has 0 radical (unpaired) electrons. The number of fused-ring (bicyclic) bond motifs is 3. The van der Waals surface area contributed by atoms with Gasteiger partial charge in [-0.3, -0.25) is 4.79 Å². The zero-order chi connectivity index (χ0) is 13.8. The molecular formula is C13H10F3NO2. The summed E-state index contributed by atoms with van der Waals surface area (Å²) >= 11 is 0. The van der Waals surface area contributed by atoms with Crippen molar-refractivity contribution < 1.29 is 23.1 Å². The lowest BCUT2D eigenvalue weighted by molar-refractivity contribution is -0.141. The number of aliphatic carboxylic acids is 1. The summed E-state index contributed by atoms with van der Waals surface area (Å²) in [5.74, 6) is -1.46. The Morgan fingerprint density at radius 2 is 2.05 bits per heavy atom. The first-order valence-corrected chi connectivity index (χ1v) is 5.78. The summed E-state index contributed by atoms with van der Waals surface area (Å²) in [5, 5.41) is 9.68.